The van der Waals surface area contributed by atoms with Gasteiger partial charge in [-0.2, -0.15) is 13.2 Å². The van der Waals surface area contributed by atoms with Gasteiger partial charge >= 0.3 is 12.1 Å². The summed E-state index contributed by atoms with van der Waals surface area (Å²) in [6.45, 7) is 20.2. The van der Waals surface area contributed by atoms with E-state index in [1.54, 1.807) is 30.3 Å². The standard InChI is InChI=1S/C37H52F3NO7SSi2/c1-35(2,3)50(8,9)47-25-30(26-48-51(10,11)36(4,5)6)41(49(43,44)31-15-13-12-14-16-31)32-22-21-29(37(38,39)40)23-33(32)46-24-27-17-19-28(20-18-27)34(42)45-7/h12-23,30H,24-26H2,1-11H3. The van der Waals surface area contributed by atoms with Crippen LogP contribution in [0.1, 0.15) is 63.0 Å². The summed E-state index contributed by atoms with van der Waals surface area (Å²) in [5.74, 6) is -0.846. The van der Waals surface area contributed by atoms with E-state index in [9.17, 15) is 26.4 Å². The van der Waals surface area contributed by atoms with Gasteiger partial charge in [-0.15, -0.1) is 0 Å². The Kier molecular flexibility index (Phi) is 13.1. The Morgan fingerprint density at radius 1 is 0.784 bits per heavy atom. The van der Waals surface area contributed by atoms with Crippen LogP contribution in [0.3, 0.4) is 0 Å². The maximum atomic E-state index is 14.8. The lowest BCUT2D eigenvalue weighted by molar-refractivity contribution is -0.137. The van der Waals surface area contributed by atoms with Crippen LogP contribution in [-0.4, -0.2) is 57.4 Å². The molecule has 0 heterocycles. The van der Waals surface area contributed by atoms with Crippen LogP contribution >= 0.6 is 0 Å². The van der Waals surface area contributed by atoms with E-state index in [4.69, 9.17) is 18.3 Å². The van der Waals surface area contributed by atoms with Crippen LogP contribution in [0.4, 0.5) is 18.9 Å². The zero-order valence-corrected chi connectivity index (χ0v) is 34.3. The monoisotopic (exact) mass is 767 g/mol. The second-order valence-corrected chi connectivity index (χ2v) is 27.0. The zero-order chi connectivity index (χ0) is 38.6. The number of methoxy groups -OCH3 is 1. The number of benzene rings is 3. The number of carbonyl (C=O) groups is 1. The van der Waals surface area contributed by atoms with E-state index < -0.39 is 50.4 Å². The fourth-order valence-corrected chi connectivity index (χ4v) is 8.19. The van der Waals surface area contributed by atoms with E-state index in [1.807, 2.05) is 26.2 Å². The number of carbonyl (C=O) groups excluding carboxylic acids is 1. The molecule has 14 heteroatoms. The smallest absolute Gasteiger partial charge is 0.416 e. The summed E-state index contributed by atoms with van der Waals surface area (Å²) < 4.78 is 97.2. The summed E-state index contributed by atoms with van der Waals surface area (Å²) in [5, 5.41) is -0.431. The molecule has 0 aromatic heterocycles. The van der Waals surface area contributed by atoms with Crippen molar-refractivity contribution in [2.24, 2.45) is 0 Å². The Morgan fingerprint density at radius 2 is 1.29 bits per heavy atom. The van der Waals surface area contributed by atoms with E-state index in [2.05, 4.69) is 41.5 Å². The number of halogens is 3. The molecule has 3 aromatic rings. The molecule has 3 aromatic carbocycles. The Morgan fingerprint density at radius 3 is 1.75 bits per heavy atom. The third-order valence-electron chi connectivity index (χ3n) is 9.81. The fourth-order valence-electron chi connectivity index (χ4n) is 4.46. The first kappa shape index (κ1) is 42.2. The van der Waals surface area contributed by atoms with Gasteiger partial charge < -0.3 is 18.3 Å². The number of ether oxygens (including phenoxy) is 2. The van der Waals surface area contributed by atoms with Crippen LogP contribution in [0.25, 0.3) is 0 Å². The van der Waals surface area contributed by atoms with Crippen molar-refractivity contribution < 1.29 is 44.7 Å². The Hall–Kier alpha value is -3.18. The lowest BCUT2D eigenvalue weighted by Crippen LogP contribution is -2.52. The molecule has 0 aliphatic heterocycles. The van der Waals surface area contributed by atoms with E-state index in [-0.39, 0.29) is 51.8 Å². The van der Waals surface area contributed by atoms with E-state index in [0.29, 0.717) is 5.56 Å². The molecule has 0 bridgehead atoms. The first-order chi connectivity index (χ1) is 23.3. The van der Waals surface area contributed by atoms with Crippen molar-refractivity contribution >= 4 is 38.3 Å². The molecule has 0 N–H and O–H groups in total. The van der Waals surface area contributed by atoms with Crippen molar-refractivity contribution in [1.29, 1.82) is 0 Å². The molecule has 8 nitrogen and oxygen atoms in total. The van der Waals surface area contributed by atoms with Crippen LogP contribution < -0.4 is 9.04 Å². The minimum atomic E-state index is -4.74. The largest absolute Gasteiger partial charge is 0.487 e. The second kappa shape index (κ2) is 15.8. The van der Waals surface area contributed by atoms with Gasteiger partial charge in [0, 0.05) is 0 Å². The number of hydrogen-bond acceptors (Lipinski definition) is 7. The maximum absolute atomic E-state index is 14.8. The molecule has 0 unspecified atom stereocenters. The molecule has 0 aliphatic carbocycles. The van der Waals surface area contributed by atoms with Crippen LogP contribution in [0.2, 0.25) is 36.3 Å². The van der Waals surface area contributed by atoms with Gasteiger partial charge in [0.05, 0.1) is 48.1 Å². The molecule has 282 valence electrons. The molecule has 0 fully saturated rings. The van der Waals surface area contributed by atoms with Gasteiger partial charge in [-0.3, -0.25) is 4.31 Å². The van der Waals surface area contributed by atoms with E-state index in [0.717, 1.165) is 22.5 Å². The van der Waals surface area contributed by atoms with Crippen LogP contribution in [0, 0.1) is 0 Å². The van der Waals surface area contributed by atoms with Crippen molar-refractivity contribution in [3.8, 4) is 5.75 Å². The molecule has 0 aliphatic rings. The van der Waals surface area contributed by atoms with Gasteiger partial charge in [-0.25, -0.2) is 13.2 Å². The third-order valence-corrected chi connectivity index (χ3v) is 20.7. The quantitative estimate of drug-likeness (QED) is 0.119. The van der Waals surface area contributed by atoms with E-state index >= 15 is 0 Å². The van der Waals surface area contributed by atoms with Crippen LogP contribution in [-0.2, 0) is 36.4 Å². The van der Waals surface area contributed by atoms with Gasteiger partial charge in [0.1, 0.15) is 12.4 Å². The van der Waals surface area contributed by atoms with Crippen LogP contribution in [0.15, 0.2) is 77.7 Å². The number of nitrogens with zero attached hydrogens (tertiary/aromatic N) is 1. The first-order valence-corrected chi connectivity index (χ1v) is 24.0. The average Bonchev–Trinajstić information content (AvgIpc) is 3.03. The Labute approximate surface area is 303 Å². The fraction of sp³-hybridized carbons (Fsp3) is 0.486. The third kappa shape index (κ3) is 10.5. The molecule has 3 rings (SSSR count). The van der Waals surface area contributed by atoms with Crippen molar-refractivity contribution in [2.75, 3.05) is 24.6 Å². The van der Waals surface area contributed by atoms with Crippen molar-refractivity contribution in [3.05, 3.63) is 89.5 Å². The highest BCUT2D eigenvalue weighted by molar-refractivity contribution is 7.92. The molecular formula is C37H52F3NO7SSi2. The van der Waals surface area contributed by atoms with Crippen molar-refractivity contribution in [3.63, 3.8) is 0 Å². The number of rotatable bonds is 14. The molecule has 0 amide bonds. The normalized spacial score (nSPS) is 13.3. The highest BCUT2D eigenvalue weighted by atomic mass is 32.2. The van der Waals surface area contributed by atoms with Crippen molar-refractivity contribution in [1.82, 2.24) is 0 Å². The van der Waals surface area contributed by atoms with Gasteiger partial charge in [0.2, 0.25) is 0 Å². The number of alkyl halides is 3. The lowest BCUT2D eigenvalue weighted by Gasteiger charge is -2.42. The van der Waals surface area contributed by atoms with Gasteiger partial charge in [-0.1, -0.05) is 71.9 Å². The zero-order valence-electron chi connectivity index (χ0n) is 31.5. The first-order valence-electron chi connectivity index (χ1n) is 16.7. The summed E-state index contributed by atoms with van der Waals surface area (Å²) in [6, 6.07) is 15.7. The molecule has 0 saturated carbocycles. The predicted octanol–water partition coefficient (Wildman–Crippen LogP) is 9.68. The highest BCUT2D eigenvalue weighted by Crippen LogP contribution is 2.42. The summed E-state index contributed by atoms with van der Waals surface area (Å²) >= 11 is 0. The minimum absolute atomic E-state index is 0.0566. The SMILES string of the molecule is COC(=O)c1ccc(COc2cc(C(F)(F)F)ccc2N(C(CO[Si](C)(C)C(C)(C)C)CO[Si](C)(C)C(C)(C)C)S(=O)(=O)c2ccccc2)cc1. The van der Waals surface area contributed by atoms with Crippen LogP contribution in [0.5, 0.6) is 5.75 Å². The second-order valence-electron chi connectivity index (χ2n) is 15.6. The lowest BCUT2D eigenvalue weighted by atomic mass is 10.1. The van der Waals surface area contributed by atoms with Gasteiger partial charge in [0.15, 0.2) is 16.6 Å². The Bertz CT molecular complexity index is 1710. The number of anilines is 1. The number of esters is 1. The van der Waals surface area contributed by atoms with Gasteiger partial charge in [0.25, 0.3) is 10.0 Å². The molecular weight excluding hydrogens is 716 g/mol. The Balaban J connectivity index is 2.27. The van der Waals surface area contributed by atoms with E-state index in [1.165, 1.54) is 31.4 Å². The number of hydrogen-bond donors (Lipinski definition) is 0. The summed E-state index contributed by atoms with van der Waals surface area (Å²) in [6.07, 6.45) is -4.74. The molecule has 0 atom stereocenters. The maximum Gasteiger partial charge on any atom is 0.416 e. The summed E-state index contributed by atoms with van der Waals surface area (Å²) in [5.41, 5.74) is -0.290. The molecule has 0 saturated heterocycles. The van der Waals surface area contributed by atoms with Gasteiger partial charge in [-0.05, 0) is 84.3 Å². The highest BCUT2D eigenvalue weighted by Gasteiger charge is 2.43. The topological polar surface area (TPSA) is 91.4 Å². The average molecular weight is 768 g/mol. The van der Waals surface area contributed by atoms with Crippen molar-refractivity contribution in [2.45, 2.75) is 102 Å². The molecule has 51 heavy (non-hydrogen) atoms. The molecule has 0 radical (unpaired) electrons. The number of sulfonamides is 1. The summed E-state index contributed by atoms with van der Waals surface area (Å²) in [7, 11) is -8.12. The minimum Gasteiger partial charge on any atom is -0.487 e. The molecule has 0 spiro atoms. The predicted molar refractivity (Wildman–Crippen MR) is 200 cm³/mol. The summed E-state index contributed by atoms with van der Waals surface area (Å²) in [4.78, 5) is 11.9.